The van der Waals surface area contributed by atoms with Crippen LogP contribution in [0.15, 0.2) is 48.5 Å². The molecule has 2 aromatic rings. The number of carbonyl (C=O) groups excluding carboxylic acids is 1. The second kappa shape index (κ2) is 8.44. The number of phenolic OH excluding ortho intramolecular Hbond substituents is 2. The van der Waals surface area contributed by atoms with Crippen molar-refractivity contribution in [3.05, 3.63) is 54.1 Å². The molecule has 0 aliphatic carbocycles. The van der Waals surface area contributed by atoms with Gasteiger partial charge in [-0.1, -0.05) is 0 Å². The first-order valence-corrected chi connectivity index (χ1v) is 8.46. The van der Waals surface area contributed by atoms with Gasteiger partial charge in [0.25, 0.3) is 0 Å². The predicted octanol–water partition coefficient (Wildman–Crippen LogP) is 0.141. The Morgan fingerprint density at radius 2 is 1.43 bits per heavy atom. The van der Waals surface area contributed by atoms with Gasteiger partial charge in [0.1, 0.15) is 48.3 Å². The van der Waals surface area contributed by atoms with Crippen LogP contribution >= 0.6 is 0 Å². The number of rotatable bonds is 5. The van der Waals surface area contributed by atoms with E-state index in [1.54, 1.807) is 0 Å². The molecule has 28 heavy (non-hydrogen) atoms. The van der Waals surface area contributed by atoms with Gasteiger partial charge in [-0.25, -0.2) is 4.79 Å². The van der Waals surface area contributed by atoms with E-state index in [1.165, 1.54) is 48.5 Å². The first kappa shape index (κ1) is 19.9. The Kier molecular flexibility index (Phi) is 6.00. The highest BCUT2D eigenvalue weighted by Crippen LogP contribution is 2.26. The van der Waals surface area contributed by atoms with Gasteiger partial charge in [0.15, 0.2) is 0 Å². The molecular weight excluding hydrogens is 372 g/mol. The fourth-order valence-electron chi connectivity index (χ4n) is 2.65. The average molecular weight is 392 g/mol. The van der Waals surface area contributed by atoms with E-state index in [0.29, 0.717) is 0 Å². The fourth-order valence-corrected chi connectivity index (χ4v) is 2.65. The van der Waals surface area contributed by atoms with Crippen molar-refractivity contribution < 1.29 is 44.5 Å². The molecule has 0 bridgehead atoms. The third-order valence-corrected chi connectivity index (χ3v) is 4.24. The van der Waals surface area contributed by atoms with Gasteiger partial charge >= 0.3 is 5.97 Å². The third-order valence-electron chi connectivity index (χ3n) is 4.24. The number of aliphatic hydroxyl groups excluding tert-OH is 3. The Labute approximate surface area is 160 Å². The van der Waals surface area contributed by atoms with Crippen molar-refractivity contribution >= 4 is 5.97 Å². The molecule has 0 aromatic heterocycles. The van der Waals surface area contributed by atoms with Crippen molar-refractivity contribution in [2.75, 3.05) is 6.61 Å². The molecule has 0 saturated carbocycles. The molecular formula is C19H20O9. The molecule has 9 heteroatoms. The first-order chi connectivity index (χ1) is 13.3. The summed E-state index contributed by atoms with van der Waals surface area (Å²) in [7, 11) is 0. The zero-order valence-electron chi connectivity index (χ0n) is 14.6. The zero-order valence-corrected chi connectivity index (χ0v) is 14.6. The molecule has 1 aliphatic heterocycles. The monoisotopic (exact) mass is 392 g/mol. The van der Waals surface area contributed by atoms with Gasteiger partial charge in [-0.2, -0.15) is 0 Å². The number of aromatic hydroxyl groups is 2. The van der Waals surface area contributed by atoms with Gasteiger partial charge in [0.2, 0.25) is 6.29 Å². The Bertz CT molecular complexity index is 790. The highest BCUT2D eigenvalue weighted by Gasteiger charge is 2.45. The number of ether oxygens (including phenoxy) is 3. The van der Waals surface area contributed by atoms with Crippen LogP contribution in [0.3, 0.4) is 0 Å². The summed E-state index contributed by atoms with van der Waals surface area (Å²) in [6.07, 6.45) is -7.13. The lowest BCUT2D eigenvalue weighted by molar-refractivity contribution is -0.277. The van der Waals surface area contributed by atoms with Gasteiger partial charge in [-0.05, 0) is 48.5 Å². The number of carbonyl (C=O) groups is 1. The quantitative estimate of drug-likeness (QED) is 0.449. The smallest absolute Gasteiger partial charge is 0.338 e. The van der Waals surface area contributed by atoms with Crippen LogP contribution in [-0.4, -0.2) is 68.8 Å². The van der Waals surface area contributed by atoms with Crippen LogP contribution in [0.5, 0.6) is 17.2 Å². The van der Waals surface area contributed by atoms with E-state index in [2.05, 4.69) is 0 Å². The molecule has 9 nitrogen and oxygen atoms in total. The van der Waals surface area contributed by atoms with Crippen LogP contribution in [-0.2, 0) is 9.47 Å². The van der Waals surface area contributed by atoms with Crippen molar-refractivity contribution in [1.29, 1.82) is 0 Å². The molecule has 1 fully saturated rings. The minimum atomic E-state index is -1.59. The first-order valence-electron chi connectivity index (χ1n) is 8.46. The minimum absolute atomic E-state index is 0.00563. The minimum Gasteiger partial charge on any atom is -0.508 e. The molecule has 1 heterocycles. The van der Waals surface area contributed by atoms with E-state index in [9.17, 15) is 30.3 Å². The third kappa shape index (κ3) is 4.52. The van der Waals surface area contributed by atoms with Gasteiger partial charge in [0, 0.05) is 0 Å². The topological polar surface area (TPSA) is 146 Å². The molecule has 2 aromatic carbocycles. The van der Waals surface area contributed by atoms with Gasteiger partial charge in [-0.15, -0.1) is 0 Å². The van der Waals surface area contributed by atoms with E-state index in [0.717, 1.165) is 0 Å². The lowest BCUT2D eigenvalue weighted by Crippen LogP contribution is -2.60. The molecule has 5 atom stereocenters. The number of hydrogen-bond donors (Lipinski definition) is 5. The molecule has 3 rings (SSSR count). The molecule has 0 unspecified atom stereocenters. The van der Waals surface area contributed by atoms with E-state index in [1.807, 2.05) is 0 Å². The zero-order chi connectivity index (χ0) is 20.3. The van der Waals surface area contributed by atoms with Crippen LogP contribution in [0, 0.1) is 0 Å². The molecule has 0 spiro atoms. The van der Waals surface area contributed by atoms with Crippen molar-refractivity contribution in [3.8, 4) is 17.2 Å². The van der Waals surface area contributed by atoms with Crippen LogP contribution in [0.4, 0.5) is 0 Å². The van der Waals surface area contributed by atoms with Gasteiger partial charge in [-0.3, -0.25) is 0 Å². The Balaban J connectivity index is 1.63. The second-order valence-corrected chi connectivity index (χ2v) is 6.27. The van der Waals surface area contributed by atoms with Crippen LogP contribution in [0.25, 0.3) is 0 Å². The summed E-state index contributed by atoms with van der Waals surface area (Å²) in [6, 6.07) is 11.0. The summed E-state index contributed by atoms with van der Waals surface area (Å²) >= 11 is 0. The maximum atomic E-state index is 12.0. The SMILES string of the molecule is O=C(OC[C@@H]1O[C@@H](Oc2ccc(O)cc2)[C@H](O)[C@@H](O)[C@@H]1O)c1ccc(O)cc1. The summed E-state index contributed by atoms with van der Waals surface area (Å²) in [4.78, 5) is 12.0. The van der Waals surface area contributed by atoms with Crippen LogP contribution in [0.1, 0.15) is 10.4 Å². The second-order valence-electron chi connectivity index (χ2n) is 6.27. The van der Waals surface area contributed by atoms with E-state index >= 15 is 0 Å². The highest BCUT2D eigenvalue weighted by atomic mass is 16.7. The highest BCUT2D eigenvalue weighted by molar-refractivity contribution is 5.89. The van der Waals surface area contributed by atoms with E-state index in [-0.39, 0.29) is 22.8 Å². The van der Waals surface area contributed by atoms with Crippen LogP contribution < -0.4 is 4.74 Å². The van der Waals surface area contributed by atoms with E-state index < -0.39 is 43.3 Å². The summed E-state index contributed by atoms with van der Waals surface area (Å²) in [5.74, 6) is -0.446. The average Bonchev–Trinajstić information content (AvgIpc) is 2.69. The standard InChI is InChI=1S/C19H20O9/c20-11-3-1-10(2-4-11)18(25)26-9-14-15(22)16(23)17(24)19(28-14)27-13-7-5-12(21)6-8-13/h1-8,14-17,19-24H,9H2/t14-,15+,16-,17+,19+/m0/s1. The normalized spacial score (nSPS) is 27.2. The predicted molar refractivity (Wildman–Crippen MR) is 93.8 cm³/mol. The van der Waals surface area contributed by atoms with Crippen molar-refractivity contribution in [3.63, 3.8) is 0 Å². The molecule has 1 saturated heterocycles. The van der Waals surface area contributed by atoms with Crippen molar-refractivity contribution in [2.45, 2.75) is 30.7 Å². The molecule has 5 N–H and O–H groups in total. The summed E-state index contributed by atoms with van der Waals surface area (Å²) in [5, 5.41) is 48.8. The largest absolute Gasteiger partial charge is 0.508 e. The Hall–Kier alpha value is -2.85. The van der Waals surface area contributed by atoms with Crippen LogP contribution in [0.2, 0.25) is 0 Å². The molecule has 0 amide bonds. The molecule has 150 valence electrons. The summed E-state index contributed by atoms with van der Waals surface area (Å²) in [5.41, 5.74) is 0.181. The lowest BCUT2D eigenvalue weighted by atomic mass is 9.99. The van der Waals surface area contributed by atoms with Gasteiger partial charge in [0.05, 0.1) is 5.56 Å². The Morgan fingerprint density at radius 3 is 2.04 bits per heavy atom. The van der Waals surface area contributed by atoms with Gasteiger partial charge < -0.3 is 39.7 Å². The lowest BCUT2D eigenvalue weighted by Gasteiger charge is -2.39. The maximum Gasteiger partial charge on any atom is 0.338 e. The molecule has 1 aliphatic rings. The number of esters is 1. The van der Waals surface area contributed by atoms with Crippen molar-refractivity contribution in [2.24, 2.45) is 0 Å². The number of hydrogen-bond acceptors (Lipinski definition) is 9. The van der Waals surface area contributed by atoms with Crippen molar-refractivity contribution in [1.82, 2.24) is 0 Å². The maximum absolute atomic E-state index is 12.0. The molecule has 0 radical (unpaired) electrons. The Morgan fingerprint density at radius 1 is 0.857 bits per heavy atom. The number of phenols is 2. The number of benzene rings is 2. The summed E-state index contributed by atoms with van der Waals surface area (Å²) in [6.45, 7) is -0.403. The fraction of sp³-hybridized carbons (Fsp3) is 0.316. The summed E-state index contributed by atoms with van der Waals surface area (Å²) < 4.78 is 16.0. The van der Waals surface area contributed by atoms with E-state index in [4.69, 9.17) is 14.2 Å². The number of aliphatic hydroxyl groups is 3.